The molecule has 0 aliphatic carbocycles. The average Bonchev–Trinajstić information content (AvgIpc) is 2.34. The van der Waals surface area contributed by atoms with Crippen LogP contribution in [0.1, 0.15) is 26.5 Å². The van der Waals surface area contributed by atoms with Gasteiger partial charge in [-0.15, -0.1) is 0 Å². The standard InChI is InChI=1S/C11H19NO/c1-11(2,3)9-12(4)8-10-6-5-7-13-10/h5-7H,8-9H2,1-4H3. The van der Waals surface area contributed by atoms with Crippen molar-refractivity contribution in [3.63, 3.8) is 0 Å². The Labute approximate surface area is 80.5 Å². The second-order valence-electron chi connectivity index (χ2n) is 4.81. The number of rotatable bonds is 3. The predicted octanol–water partition coefficient (Wildman–Crippen LogP) is 2.76. The molecule has 0 aliphatic rings. The van der Waals surface area contributed by atoms with Gasteiger partial charge in [0.05, 0.1) is 12.8 Å². The molecule has 0 spiro atoms. The van der Waals surface area contributed by atoms with Crippen LogP contribution in [-0.4, -0.2) is 18.5 Å². The van der Waals surface area contributed by atoms with Crippen LogP contribution in [0.5, 0.6) is 0 Å². The maximum atomic E-state index is 5.28. The van der Waals surface area contributed by atoms with Crippen LogP contribution >= 0.6 is 0 Å². The molecule has 0 fully saturated rings. The first-order valence-electron chi connectivity index (χ1n) is 4.68. The average molecular weight is 181 g/mol. The first kappa shape index (κ1) is 10.3. The Bertz CT molecular complexity index is 233. The van der Waals surface area contributed by atoms with Crippen molar-refractivity contribution in [2.24, 2.45) is 5.41 Å². The highest BCUT2D eigenvalue weighted by atomic mass is 16.3. The molecule has 1 aromatic rings. The van der Waals surface area contributed by atoms with Gasteiger partial charge < -0.3 is 4.42 Å². The first-order chi connectivity index (χ1) is 5.97. The van der Waals surface area contributed by atoms with Crippen LogP contribution < -0.4 is 0 Å². The summed E-state index contributed by atoms with van der Waals surface area (Å²) in [5, 5.41) is 0. The Morgan fingerprint density at radius 3 is 2.54 bits per heavy atom. The molecule has 13 heavy (non-hydrogen) atoms. The molecule has 0 aliphatic heterocycles. The third-order valence-electron chi connectivity index (χ3n) is 1.75. The molecule has 0 bridgehead atoms. The van der Waals surface area contributed by atoms with Crippen LogP contribution in [0.3, 0.4) is 0 Å². The molecule has 2 nitrogen and oxygen atoms in total. The van der Waals surface area contributed by atoms with Crippen molar-refractivity contribution in [1.29, 1.82) is 0 Å². The largest absolute Gasteiger partial charge is 0.468 e. The molecule has 1 rings (SSSR count). The summed E-state index contributed by atoms with van der Waals surface area (Å²) in [6.07, 6.45) is 1.72. The number of hydrogen-bond donors (Lipinski definition) is 0. The Balaban J connectivity index is 2.38. The summed E-state index contributed by atoms with van der Waals surface area (Å²) in [4.78, 5) is 2.28. The number of nitrogens with zero attached hydrogens (tertiary/aromatic N) is 1. The van der Waals surface area contributed by atoms with E-state index in [0.717, 1.165) is 18.8 Å². The van der Waals surface area contributed by atoms with Crippen molar-refractivity contribution >= 4 is 0 Å². The lowest BCUT2D eigenvalue weighted by atomic mass is 9.96. The molecular formula is C11H19NO. The highest BCUT2D eigenvalue weighted by Crippen LogP contribution is 2.15. The quantitative estimate of drug-likeness (QED) is 0.713. The zero-order valence-electron chi connectivity index (χ0n) is 9.00. The van der Waals surface area contributed by atoms with E-state index in [9.17, 15) is 0 Å². The molecule has 2 heteroatoms. The smallest absolute Gasteiger partial charge is 0.117 e. The lowest BCUT2D eigenvalue weighted by Gasteiger charge is -2.25. The molecule has 1 aromatic heterocycles. The van der Waals surface area contributed by atoms with Crippen LogP contribution in [0.4, 0.5) is 0 Å². The molecule has 0 saturated carbocycles. The van der Waals surface area contributed by atoms with Gasteiger partial charge in [-0.25, -0.2) is 0 Å². The number of hydrogen-bond acceptors (Lipinski definition) is 2. The second-order valence-corrected chi connectivity index (χ2v) is 4.81. The van der Waals surface area contributed by atoms with E-state index in [4.69, 9.17) is 4.42 Å². The van der Waals surface area contributed by atoms with Gasteiger partial charge in [0.25, 0.3) is 0 Å². The number of furan rings is 1. The van der Waals surface area contributed by atoms with Crippen LogP contribution in [0.15, 0.2) is 22.8 Å². The molecule has 0 aromatic carbocycles. The fourth-order valence-corrected chi connectivity index (χ4v) is 1.53. The minimum Gasteiger partial charge on any atom is -0.468 e. The van der Waals surface area contributed by atoms with Gasteiger partial charge in [0.1, 0.15) is 5.76 Å². The monoisotopic (exact) mass is 181 g/mol. The van der Waals surface area contributed by atoms with Gasteiger partial charge in [-0.2, -0.15) is 0 Å². The molecule has 0 amide bonds. The van der Waals surface area contributed by atoms with E-state index in [2.05, 4.69) is 32.7 Å². The molecule has 0 saturated heterocycles. The van der Waals surface area contributed by atoms with Gasteiger partial charge >= 0.3 is 0 Å². The summed E-state index contributed by atoms with van der Waals surface area (Å²) in [6.45, 7) is 8.70. The Kier molecular flexibility index (Phi) is 3.15. The maximum absolute atomic E-state index is 5.28. The van der Waals surface area contributed by atoms with Gasteiger partial charge in [-0.05, 0) is 24.6 Å². The Morgan fingerprint density at radius 1 is 1.38 bits per heavy atom. The lowest BCUT2D eigenvalue weighted by molar-refractivity contribution is 0.208. The zero-order valence-corrected chi connectivity index (χ0v) is 9.00. The van der Waals surface area contributed by atoms with Crippen LogP contribution in [0, 0.1) is 5.41 Å². The van der Waals surface area contributed by atoms with Crippen LogP contribution in [0.25, 0.3) is 0 Å². The summed E-state index contributed by atoms with van der Waals surface area (Å²) in [6, 6.07) is 3.94. The van der Waals surface area contributed by atoms with Crippen molar-refractivity contribution in [2.45, 2.75) is 27.3 Å². The summed E-state index contributed by atoms with van der Waals surface area (Å²) >= 11 is 0. The van der Waals surface area contributed by atoms with E-state index in [1.54, 1.807) is 6.26 Å². The predicted molar refractivity (Wildman–Crippen MR) is 54.5 cm³/mol. The van der Waals surface area contributed by atoms with Crippen LogP contribution in [0.2, 0.25) is 0 Å². The van der Waals surface area contributed by atoms with E-state index < -0.39 is 0 Å². The summed E-state index contributed by atoms with van der Waals surface area (Å²) in [7, 11) is 2.12. The molecule has 0 unspecified atom stereocenters. The van der Waals surface area contributed by atoms with Crippen molar-refractivity contribution in [1.82, 2.24) is 4.90 Å². The van der Waals surface area contributed by atoms with E-state index in [-0.39, 0.29) is 0 Å². The van der Waals surface area contributed by atoms with Crippen molar-refractivity contribution in [3.8, 4) is 0 Å². The molecule has 1 heterocycles. The zero-order chi connectivity index (χ0) is 9.90. The normalized spacial score (nSPS) is 12.4. The summed E-state index contributed by atoms with van der Waals surface area (Å²) in [5.74, 6) is 1.03. The third kappa shape index (κ3) is 4.13. The van der Waals surface area contributed by atoms with Gasteiger partial charge in [0.2, 0.25) is 0 Å². The van der Waals surface area contributed by atoms with Crippen molar-refractivity contribution < 1.29 is 4.42 Å². The van der Waals surface area contributed by atoms with Gasteiger partial charge in [0, 0.05) is 6.54 Å². The minimum absolute atomic E-state index is 0.349. The molecular weight excluding hydrogens is 162 g/mol. The Hall–Kier alpha value is -0.760. The highest BCUT2D eigenvalue weighted by Gasteiger charge is 2.13. The molecule has 0 radical (unpaired) electrons. The SMILES string of the molecule is CN(Cc1ccco1)CC(C)(C)C. The third-order valence-corrected chi connectivity index (χ3v) is 1.75. The van der Waals surface area contributed by atoms with Crippen molar-refractivity contribution in [2.75, 3.05) is 13.6 Å². The van der Waals surface area contributed by atoms with E-state index >= 15 is 0 Å². The molecule has 74 valence electrons. The summed E-state index contributed by atoms with van der Waals surface area (Å²) in [5.41, 5.74) is 0.349. The van der Waals surface area contributed by atoms with Gasteiger partial charge in [-0.3, -0.25) is 4.90 Å². The highest BCUT2D eigenvalue weighted by molar-refractivity contribution is 4.97. The van der Waals surface area contributed by atoms with Gasteiger partial charge in [-0.1, -0.05) is 20.8 Å². The molecule has 0 N–H and O–H groups in total. The maximum Gasteiger partial charge on any atom is 0.117 e. The van der Waals surface area contributed by atoms with Crippen molar-refractivity contribution in [3.05, 3.63) is 24.2 Å². The first-order valence-corrected chi connectivity index (χ1v) is 4.68. The van der Waals surface area contributed by atoms with E-state index in [0.29, 0.717) is 5.41 Å². The lowest BCUT2D eigenvalue weighted by Crippen LogP contribution is -2.28. The second kappa shape index (κ2) is 3.97. The fourth-order valence-electron chi connectivity index (χ4n) is 1.53. The Morgan fingerprint density at radius 2 is 2.08 bits per heavy atom. The van der Waals surface area contributed by atoms with E-state index in [1.807, 2.05) is 12.1 Å². The van der Waals surface area contributed by atoms with Crippen LogP contribution in [-0.2, 0) is 6.54 Å². The topological polar surface area (TPSA) is 16.4 Å². The fraction of sp³-hybridized carbons (Fsp3) is 0.636. The minimum atomic E-state index is 0.349. The summed E-state index contributed by atoms with van der Waals surface area (Å²) < 4.78 is 5.28. The molecule has 0 atom stereocenters. The van der Waals surface area contributed by atoms with Gasteiger partial charge in [0.15, 0.2) is 0 Å². The van der Waals surface area contributed by atoms with E-state index in [1.165, 1.54) is 0 Å².